The van der Waals surface area contributed by atoms with Gasteiger partial charge in [-0.2, -0.15) is 0 Å². The van der Waals surface area contributed by atoms with Gasteiger partial charge < -0.3 is 15.5 Å². The molecule has 0 aliphatic carbocycles. The third-order valence-corrected chi connectivity index (χ3v) is 4.80. The van der Waals surface area contributed by atoms with Crippen molar-refractivity contribution in [1.29, 1.82) is 0 Å². The molecular weight excluding hydrogens is 306 g/mol. The minimum atomic E-state index is -0.880. The van der Waals surface area contributed by atoms with Crippen LogP contribution in [0.3, 0.4) is 0 Å². The van der Waals surface area contributed by atoms with E-state index in [-0.39, 0.29) is 18.0 Å². The van der Waals surface area contributed by atoms with Crippen molar-refractivity contribution in [2.24, 2.45) is 0 Å². The number of carbonyl (C=O) groups excluding carboxylic acids is 1. The number of nitrogens with one attached hydrogen (secondary N) is 3. The van der Waals surface area contributed by atoms with Crippen molar-refractivity contribution in [3.63, 3.8) is 0 Å². The van der Waals surface area contributed by atoms with E-state index in [4.69, 9.17) is 0 Å². The van der Waals surface area contributed by atoms with E-state index in [9.17, 15) is 15.0 Å². The zero-order valence-corrected chi connectivity index (χ0v) is 15.4. The summed E-state index contributed by atoms with van der Waals surface area (Å²) < 4.78 is 0. The molecule has 1 heterocycles. The molecule has 0 unspecified atom stereocenters. The largest absolute Gasteiger partial charge is 0.389 e. The molecule has 1 saturated heterocycles. The van der Waals surface area contributed by atoms with Crippen LogP contribution in [0.4, 0.5) is 0 Å². The first kappa shape index (κ1) is 21.4. The monoisotopic (exact) mass is 343 g/mol. The molecule has 1 fully saturated rings. The van der Waals surface area contributed by atoms with Gasteiger partial charge in [-0.05, 0) is 13.3 Å². The van der Waals surface area contributed by atoms with Gasteiger partial charge >= 0.3 is 0 Å². The van der Waals surface area contributed by atoms with E-state index in [0.29, 0.717) is 13.0 Å². The van der Waals surface area contributed by atoms with Crippen molar-refractivity contribution in [1.82, 2.24) is 16.2 Å². The summed E-state index contributed by atoms with van der Waals surface area (Å²) in [5.41, 5.74) is 5.84. The standard InChI is InChI=1S/C18H37N3O3/c1-3-4-5-6-7-8-9-10-11-12-16(22)19-13-15-18(24)17(23)14(2)20-21-15/h14-15,17-18,20-21,23-24H,3-13H2,1-2H3,(H,19,22)/t14-,15-,17+,18-/m0/s1. The molecule has 4 atom stereocenters. The first-order chi connectivity index (χ1) is 11.6. The molecule has 1 aliphatic rings. The van der Waals surface area contributed by atoms with Crippen LogP contribution >= 0.6 is 0 Å². The molecule has 24 heavy (non-hydrogen) atoms. The zero-order valence-electron chi connectivity index (χ0n) is 15.4. The number of aliphatic hydroxyl groups excluding tert-OH is 2. The van der Waals surface area contributed by atoms with Crippen molar-refractivity contribution >= 4 is 5.91 Å². The second-order valence-electron chi connectivity index (χ2n) is 7.05. The first-order valence-corrected chi connectivity index (χ1v) is 9.70. The van der Waals surface area contributed by atoms with Crippen LogP contribution in [0.15, 0.2) is 0 Å². The molecule has 0 spiro atoms. The lowest BCUT2D eigenvalue weighted by atomic mass is 9.98. The molecule has 0 bridgehead atoms. The van der Waals surface area contributed by atoms with E-state index in [1.54, 1.807) is 6.92 Å². The minimum absolute atomic E-state index is 0.0139. The van der Waals surface area contributed by atoms with Crippen LogP contribution < -0.4 is 16.2 Å². The number of aliphatic hydroxyl groups is 2. The summed E-state index contributed by atoms with van der Waals surface area (Å²) in [5, 5.41) is 22.6. The second-order valence-corrected chi connectivity index (χ2v) is 7.05. The predicted molar refractivity (Wildman–Crippen MR) is 96.4 cm³/mol. The molecule has 0 aromatic carbocycles. The molecule has 1 amide bonds. The zero-order chi connectivity index (χ0) is 17.8. The van der Waals surface area contributed by atoms with Gasteiger partial charge in [-0.25, -0.2) is 5.43 Å². The molecule has 1 aliphatic heterocycles. The predicted octanol–water partition coefficient (Wildman–Crippen LogP) is 1.61. The SMILES string of the molecule is CCCCCCCCCCCC(=O)NC[C@@H]1NN[C@@H](C)[C@@H](O)[C@H]1O. The molecule has 0 radical (unpaired) electrons. The van der Waals surface area contributed by atoms with Crippen LogP contribution in [-0.2, 0) is 4.79 Å². The first-order valence-electron chi connectivity index (χ1n) is 9.70. The Labute approximate surface area is 146 Å². The van der Waals surface area contributed by atoms with Gasteiger partial charge in [0.1, 0.15) is 0 Å². The van der Waals surface area contributed by atoms with Gasteiger partial charge in [0.15, 0.2) is 0 Å². The quantitative estimate of drug-likeness (QED) is 0.347. The molecular formula is C18H37N3O3. The van der Waals surface area contributed by atoms with Gasteiger partial charge in [0.25, 0.3) is 0 Å². The van der Waals surface area contributed by atoms with Crippen molar-refractivity contribution in [3.05, 3.63) is 0 Å². The maximum Gasteiger partial charge on any atom is 0.220 e. The fourth-order valence-corrected chi connectivity index (χ4v) is 3.02. The average molecular weight is 344 g/mol. The van der Waals surface area contributed by atoms with E-state index < -0.39 is 12.2 Å². The Morgan fingerprint density at radius 2 is 1.50 bits per heavy atom. The van der Waals surface area contributed by atoms with Gasteiger partial charge in [-0.3, -0.25) is 10.2 Å². The number of hydrogen-bond acceptors (Lipinski definition) is 5. The Bertz CT molecular complexity index is 341. The van der Waals surface area contributed by atoms with Gasteiger partial charge in [0.2, 0.25) is 5.91 Å². The number of rotatable bonds is 12. The Balaban J connectivity index is 1.98. The van der Waals surface area contributed by atoms with Crippen molar-refractivity contribution < 1.29 is 15.0 Å². The fraction of sp³-hybridized carbons (Fsp3) is 0.944. The van der Waals surface area contributed by atoms with Crippen LogP contribution in [0, 0.1) is 0 Å². The Kier molecular flexibility index (Phi) is 11.2. The van der Waals surface area contributed by atoms with Crippen LogP contribution in [0.1, 0.15) is 78.1 Å². The lowest BCUT2D eigenvalue weighted by Crippen LogP contribution is -2.67. The van der Waals surface area contributed by atoms with E-state index in [1.165, 1.54) is 44.9 Å². The molecule has 142 valence electrons. The van der Waals surface area contributed by atoms with E-state index in [0.717, 1.165) is 12.8 Å². The van der Waals surface area contributed by atoms with Gasteiger partial charge in [-0.1, -0.05) is 58.3 Å². The molecule has 5 N–H and O–H groups in total. The molecule has 0 aromatic rings. The summed E-state index contributed by atoms with van der Waals surface area (Å²) in [6.45, 7) is 4.34. The number of hydrogen-bond donors (Lipinski definition) is 5. The maximum atomic E-state index is 11.8. The van der Waals surface area contributed by atoms with Crippen LogP contribution in [0.2, 0.25) is 0 Å². The molecule has 6 heteroatoms. The van der Waals surface area contributed by atoms with Crippen LogP contribution in [0.5, 0.6) is 0 Å². The fourth-order valence-electron chi connectivity index (χ4n) is 3.02. The van der Waals surface area contributed by atoms with Crippen LogP contribution in [-0.4, -0.2) is 47.0 Å². The van der Waals surface area contributed by atoms with Gasteiger partial charge in [0, 0.05) is 19.0 Å². The second kappa shape index (κ2) is 12.6. The van der Waals surface area contributed by atoms with E-state index >= 15 is 0 Å². The number of carbonyl (C=O) groups is 1. The number of hydrazine groups is 1. The highest BCUT2D eigenvalue weighted by Gasteiger charge is 2.34. The van der Waals surface area contributed by atoms with E-state index in [2.05, 4.69) is 23.1 Å². The summed E-state index contributed by atoms with van der Waals surface area (Å²) in [6, 6.07) is -0.586. The lowest BCUT2D eigenvalue weighted by molar-refractivity contribution is -0.122. The summed E-state index contributed by atoms with van der Waals surface area (Å²) in [5.74, 6) is 0.0139. The molecule has 1 rings (SSSR count). The summed E-state index contributed by atoms with van der Waals surface area (Å²) in [4.78, 5) is 11.8. The highest BCUT2D eigenvalue weighted by molar-refractivity contribution is 5.75. The average Bonchev–Trinajstić information content (AvgIpc) is 2.57. The summed E-state index contributed by atoms with van der Waals surface area (Å²) in [7, 11) is 0. The maximum absolute atomic E-state index is 11.8. The number of unbranched alkanes of at least 4 members (excludes halogenated alkanes) is 8. The Hall–Kier alpha value is -0.690. The van der Waals surface area contributed by atoms with Crippen LogP contribution in [0.25, 0.3) is 0 Å². The minimum Gasteiger partial charge on any atom is -0.389 e. The molecule has 0 saturated carbocycles. The molecule has 6 nitrogen and oxygen atoms in total. The van der Waals surface area contributed by atoms with E-state index in [1.807, 2.05) is 0 Å². The number of amides is 1. The van der Waals surface area contributed by atoms with Crippen molar-refractivity contribution in [2.45, 2.75) is 102 Å². The van der Waals surface area contributed by atoms with Crippen molar-refractivity contribution in [3.8, 4) is 0 Å². The third-order valence-electron chi connectivity index (χ3n) is 4.80. The third kappa shape index (κ3) is 8.42. The smallest absolute Gasteiger partial charge is 0.220 e. The Morgan fingerprint density at radius 3 is 2.12 bits per heavy atom. The van der Waals surface area contributed by atoms with Gasteiger partial charge in [-0.15, -0.1) is 0 Å². The van der Waals surface area contributed by atoms with Gasteiger partial charge in [0.05, 0.1) is 18.2 Å². The normalized spacial score (nSPS) is 27.2. The molecule has 0 aromatic heterocycles. The topological polar surface area (TPSA) is 93.6 Å². The Morgan fingerprint density at radius 1 is 0.917 bits per heavy atom. The lowest BCUT2D eigenvalue weighted by Gasteiger charge is -2.37. The summed E-state index contributed by atoms with van der Waals surface area (Å²) >= 11 is 0. The highest BCUT2D eigenvalue weighted by Crippen LogP contribution is 2.11. The van der Waals surface area contributed by atoms with Crippen molar-refractivity contribution in [2.75, 3.05) is 6.54 Å². The summed E-state index contributed by atoms with van der Waals surface area (Å²) in [6.07, 6.45) is 9.94. The highest BCUT2D eigenvalue weighted by atomic mass is 16.3.